The van der Waals surface area contributed by atoms with E-state index < -0.39 is 5.97 Å². The molecule has 1 heterocycles. The van der Waals surface area contributed by atoms with E-state index in [2.05, 4.69) is 5.32 Å². The molecule has 0 radical (unpaired) electrons. The number of thiocarbonyl (C=S) groups is 1. The van der Waals surface area contributed by atoms with Gasteiger partial charge in [-0.2, -0.15) is 0 Å². The largest absolute Gasteiger partial charge is 0.497 e. The Kier molecular flexibility index (Phi) is 6.79. The molecule has 29 heavy (non-hydrogen) atoms. The fourth-order valence-electron chi connectivity index (χ4n) is 2.48. The van der Waals surface area contributed by atoms with Crippen LogP contribution in [0.1, 0.15) is 22.8 Å². The summed E-state index contributed by atoms with van der Waals surface area (Å²) in [6, 6.07) is 9.73. The van der Waals surface area contributed by atoms with Crippen molar-refractivity contribution >= 4 is 57.9 Å². The third-order valence-electron chi connectivity index (χ3n) is 3.79. The molecule has 1 saturated heterocycles. The first-order valence-electron chi connectivity index (χ1n) is 8.48. The number of ether oxygens (including phenoxy) is 3. The zero-order valence-electron chi connectivity index (χ0n) is 15.5. The highest BCUT2D eigenvalue weighted by molar-refractivity contribution is 8.26. The fourth-order valence-corrected chi connectivity index (χ4v) is 3.79. The lowest BCUT2D eigenvalue weighted by Crippen LogP contribution is -2.17. The maximum atomic E-state index is 12.5. The molecule has 6 nitrogen and oxygen atoms in total. The van der Waals surface area contributed by atoms with Gasteiger partial charge in [0.15, 0.2) is 11.5 Å². The quantitative estimate of drug-likeness (QED) is 0.302. The second kappa shape index (κ2) is 9.30. The third kappa shape index (κ3) is 5.09. The van der Waals surface area contributed by atoms with Crippen LogP contribution < -0.4 is 19.5 Å². The van der Waals surface area contributed by atoms with Crippen molar-refractivity contribution < 1.29 is 23.8 Å². The molecule has 0 unspecified atom stereocenters. The van der Waals surface area contributed by atoms with E-state index in [1.165, 1.54) is 0 Å². The molecule has 0 aromatic heterocycles. The van der Waals surface area contributed by atoms with Gasteiger partial charge in [0.05, 0.1) is 29.2 Å². The molecule has 1 amide bonds. The Balaban J connectivity index is 1.90. The minimum atomic E-state index is -0.585. The van der Waals surface area contributed by atoms with Crippen LogP contribution in [-0.2, 0) is 4.79 Å². The highest BCUT2D eigenvalue weighted by Crippen LogP contribution is 2.38. The molecule has 1 N–H and O–H groups in total. The zero-order valence-corrected chi connectivity index (χ0v) is 17.9. The number of hydrogen-bond acceptors (Lipinski definition) is 7. The first-order chi connectivity index (χ1) is 13.9. The van der Waals surface area contributed by atoms with Crippen molar-refractivity contribution in [2.24, 2.45) is 0 Å². The number of carbonyl (C=O) groups excluding carboxylic acids is 2. The Morgan fingerprint density at radius 3 is 2.59 bits per heavy atom. The van der Waals surface area contributed by atoms with Gasteiger partial charge >= 0.3 is 5.97 Å². The van der Waals surface area contributed by atoms with E-state index in [0.717, 1.165) is 11.8 Å². The Labute approximate surface area is 182 Å². The molecule has 9 heteroatoms. The van der Waals surface area contributed by atoms with E-state index in [4.69, 9.17) is 38.0 Å². The zero-order chi connectivity index (χ0) is 21.0. The van der Waals surface area contributed by atoms with Crippen LogP contribution >= 0.6 is 35.6 Å². The van der Waals surface area contributed by atoms with E-state index in [1.807, 2.05) is 0 Å². The maximum absolute atomic E-state index is 12.5. The molecule has 0 spiro atoms. The predicted octanol–water partition coefficient (Wildman–Crippen LogP) is 4.46. The summed E-state index contributed by atoms with van der Waals surface area (Å²) in [5.74, 6) is 0.164. The molecular formula is C20H16ClNO5S2. The summed E-state index contributed by atoms with van der Waals surface area (Å²) in [6.07, 6.45) is 1.64. The summed E-state index contributed by atoms with van der Waals surface area (Å²) in [6.45, 7) is 2.13. The van der Waals surface area contributed by atoms with Gasteiger partial charge in [0.1, 0.15) is 10.1 Å². The van der Waals surface area contributed by atoms with Gasteiger partial charge in [0.2, 0.25) is 0 Å². The Morgan fingerprint density at radius 2 is 2.00 bits per heavy atom. The number of benzene rings is 2. The van der Waals surface area contributed by atoms with Gasteiger partial charge in [-0.25, -0.2) is 4.79 Å². The molecule has 0 bridgehead atoms. The first-order valence-corrected chi connectivity index (χ1v) is 10.1. The Bertz CT molecular complexity index is 1000. The van der Waals surface area contributed by atoms with Crippen LogP contribution in [0.3, 0.4) is 0 Å². The van der Waals surface area contributed by atoms with Crippen molar-refractivity contribution in [3.8, 4) is 17.2 Å². The van der Waals surface area contributed by atoms with Crippen LogP contribution in [0, 0.1) is 0 Å². The maximum Gasteiger partial charge on any atom is 0.343 e. The Hall–Kier alpha value is -2.55. The van der Waals surface area contributed by atoms with E-state index in [9.17, 15) is 9.59 Å². The van der Waals surface area contributed by atoms with E-state index in [0.29, 0.717) is 38.5 Å². The second-order valence-corrected chi connectivity index (χ2v) is 7.86. The lowest BCUT2D eigenvalue weighted by molar-refractivity contribution is -0.115. The minimum Gasteiger partial charge on any atom is -0.497 e. The number of hydrogen-bond donors (Lipinski definition) is 1. The van der Waals surface area contributed by atoms with Crippen molar-refractivity contribution in [1.82, 2.24) is 5.32 Å². The van der Waals surface area contributed by atoms with Crippen LogP contribution in [0.4, 0.5) is 0 Å². The van der Waals surface area contributed by atoms with E-state index in [1.54, 1.807) is 56.5 Å². The average Bonchev–Trinajstić information content (AvgIpc) is 3.01. The molecule has 1 aliphatic heterocycles. The summed E-state index contributed by atoms with van der Waals surface area (Å²) >= 11 is 12.5. The molecular weight excluding hydrogens is 434 g/mol. The summed E-state index contributed by atoms with van der Waals surface area (Å²) in [4.78, 5) is 24.8. The van der Waals surface area contributed by atoms with Gasteiger partial charge in [-0.15, -0.1) is 0 Å². The monoisotopic (exact) mass is 449 g/mol. The number of halogens is 1. The topological polar surface area (TPSA) is 73.9 Å². The van der Waals surface area contributed by atoms with Crippen LogP contribution in [0.25, 0.3) is 6.08 Å². The smallest absolute Gasteiger partial charge is 0.343 e. The van der Waals surface area contributed by atoms with Gasteiger partial charge in [-0.1, -0.05) is 35.6 Å². The number of thioether (sulfide) groups is 1. The van der Waals surface area contributed by atoms with Gasteiger partial charge in [-0.3, -0.25) is 4.79 Å². The molecule has 1 fully saturated rings. The van der Waals surface area contributed by atoms with Gasteiger partial charge < -0.3 is 19.5 Å². The first kappa shape index (κ1) is 21.2. The van der Waals surface area contributed by atoms with Crippen molar-refractivity contribution in [3.05, 3.63) is 57.5 Å². The predicted molar refractivity (Wildman–Crippen MR) is 117 cm³/mol. The van der Waals surface area contributed by atoms with E-state index >= 15 is 0 Å². The molecule has 150 valence electrons. The molecule has 0 atom stereocenters. The van der Waals surface area contributed by atoms with Crippen LogP contribution in [0.5, 0.6) is 17.2 Å². The molecule has 0 aliphatic carbocycles. The number of amides is 1. The highest BCUT2D eigenvalue weighted by atomic mass is 35.5. The molecule has 2 aromatic carbocycles. The molecule has 1 aliphatic rings. The molecule has 0 saturated carbocycles. The molecule has 3 rings (SSSR count). The standard InChI is InChI=1S/C20H16ClNO5S2/c1-3-26-15-9-11(10-16-18(23)22-20(28)29-16)8-14(21)17(15)27-19(24)12-4-6-13(25-2)7-5-12/h4-10H,3H2,1-2H3,(H,22,23,28). The number of methoxy groups -OCH3 is 1. The number of nitrogens with one attached hydrogen (secondary N) is 1. The van der Waals surface area contributed by atoms with Crippen molar-refractivity contribution in [2.75, 3.05) is 13.7 Å². The van der Waals surface area contributed by atoms with Crippen LogP contribution in [0.15, 0.2) is 41.3 Å². The second-order valence-electron chi connectivity index (χ2n) is 5.73. The fraction of sp³-hybridized carbons (Fsp3) is 0.150. The summed E-state index contributed by atoms with van der Waals surface area (Å²) in [5, 5.41) is 2.73. The summed E-state index contributed by atoms with van der Waals surface area (Å²) < 4.78 is 16.6. The minimum absolute atomic E-state index is 0.107. The van der Waals surface area contributed by atoms with Crippen molar-refractivity contribution in [3.63, 3.8) is 0 Å². The number of rotatable bonds is 6. The average molecular weight is 450 g/mol. The van der Waals surface area contributed by atoms with Gasteiger partial charge in [0.25, 0.3) is 5.91 Å². The lowest BCUT2D eigenvalue weighted by atomic mass is 10.1. The lowest BCUT2D eigenvalue weighted by Gasteiger charge is -2.13. The van der Waals surface area contributed by atoms with Crippen LogP contribution in [0.2, 0.25) is 5.02 Å². The van der Waals surface area contributed by atoms with Gasteiger partial charge in [0, 0.05) is 0 Å². The molecule has 2 aromatic rings. The Morgan fingerprint density at radius 1 is 1.28 bits per heavy atom. The van der Waals surface area contributed by atoms with Crippen molar-refractivity contribution in [1.29, 1.82) is 0 Å². The third-order valence-corrected chi connectivity index (χ3v) is 5.24. The number of carbonyl (C=O) groups is 2. The summed E-state index contributed by atoms with van der Waals surface area (Å²) in [5.41, 5.74) is 0.952. The SMILES string of the molecule is CCOc1cc(C=C2SC(=S)NC2=O)cc(Cl)c1OC(=O)c1ccc(OC)cc1. The summed E-state index contributed by atoms with van der Waals surface area (Å²) in [7, 11) is 1.54. The van der Waals surface area contributed by atoms with E-state index in [-0.39, 0.29) is 16.7 Å². The van der Waals surface area contributed by atoms with Gasteiger partial charge in [-0.05, 0) is 55.0 Å². The highest BCUT2D eigenvalue weighted by Gasteiger charge is 2.23. The number of esters is 1. The van der Waals surface area contributed by atoms with Crippen molar-refractivity contribution in [2.45, 2.75) is 6.92 Å². The van der Waals surface area contributed by atoms with Crippen LogP contribution in [-0.4, -0.2) is 29.9 Å². The normalized spacial score (nSPS) is 14.7.